The second kappa shape index (κ2) is 11.0. The summed E-state index contributed by atoms with van der Waals surface area (Å²) in [7, 11) is -3.35. The number of H-pyrrole nitrogens is 1. The third-order valence-electron chi connectivity index (χ3n) is 5.70. The molecular formula is C24H20F4N4O6S. The van der Waals surface area contributed by atoms with Gasteiger partial charge in [0.05, 0.1) is 37.3 Å². The Kier molecular flexibility index (Phi) is 7.85. The molecule has 2 aromatic carbocycles. The maximum Gasteiger partial charge on any atom is 0.270 e. The van der Waals surface area contributed by atoms with E-state index in [-0.39, 0.29) is 17.6 Å². The fraction of sp³-hybridized carbons (Fsp3) is 0.208. The van der Waals surface area contributed by atoms with Gasteiger partial charge in [0.25, 0.3) is 5.91 Å². The number of halogens is 4. The van der Waals surface area contributed by atoms with Gasteiger partial charge in [0.2, 0.25) is 5.88 Å². The quantitative estimate of drug-likeness (QED) is 0.224. The topological polar surface area (TPSA) is 154 Å². The molecule has 4 N–H and O–H groups in total. The summed E-state index contributed by atoms with van der Waals surface area (Å²) in [6.45, 7) is -0.910. The second-order valence-corrected chi connectivity index (χ2v) is 10.2. The van der Waals surface area contributed by atoms with Gasteiger partial charge in [-0.2, -0.15) is 5.10 Å². The molecule has 0 aliphatic carbocycles. The van der Waals surface area contributed by atoms with E-state index >= 15 is 8.78 Å². The zero-order valence-electron chi connectivity index (χ0n) is 20.0. The minimum Gasteiger partial charge on any atom is -0.480 e. The molecule has 206 valence electrons. The largest absolute Gasteiger partial charge is 0.480 e. The van der Waals surface area contributed by atoms with Crippen molar-refractivity contribution in [2.75, 3.05) is 20.3 Å². The molecule has 0 aliphatic heterocycles. The molecule has 4 rings (SSSR count). The molecule has 10 nitrogen and oxygen atoms in total. The highest BCUT2D eigenvalue weighted by Crippen LogP contribution is 2.35. The Morgan fingerprint density at radius 3 is 2.59 bits per heavy atom. The van der Waals surface area contributed by atoms with Crippen molar-refractivity contribution in [2.45, 2.75) is 16.8 Å². The maximum atomic E-state index is 15.5. The smallest absolute Gasteiger partial charge is 0.270 e. The van der Waals surface area contributed by atoms with Crippen molar-refractivity contribution in [3.63, 3.8) is 0 Å². The first-order valence-corrected chi connectivity index (χ1v) is 12.8. The van der Waals surface area contributed by atoms with Crippen molar-refractivity contribution in [1.82, 2.24) is 20.5 Å². The molecule has 2 heterocycles. The number of fused-ring (bicyclic) bond motifs is 1. The van der Waals surface area contributed by atoms with Crippen LogP contribution in [0.25, 0.3) is 22.0 Å². The molecular weight excluding hydrogens is 548 g/mol. The molecule has 0 saturated heterocycles. The molecule has 2 aromatic heterocycles. The van der Waals surface area contributed by atoms with Crippen molar-refractivity contribution in [2.24, 2.45) is 0 Å². The second-order valence-electron chi connectivity index (χ2n) is 8.28. The van der Waals surface area contributed by atoms with Gasteiger partial charge < -0.3 is 20.3 Å². The zero-order chi connectivity index (χ0) is 28.5. The number of benzene rings is 2. The Balaban J connectivity index is 1.73. The van der Waals surface area contributed by atoms with E-state index in [4.69, 9.17) is 9.84 Å². The molecule has 0 saturated carbocycles. The molecule has 1 amide bonds. The number of hydrogen-bond donors (Lipinski definition) is 4. The van der Waals surface area contributed by atoms with Gasteiger partial charge in [0, 0.05) is 23.1 Å². The number of pyridine rings is 1. The number of rotatable bonds is 9. The molecule has 0 spiro atoms. The summed E-state index contributed by atoms with van der Waals surface area (Å²) in [4.78, 5) is 15.3. The van der Waals surface area contributed by atoms with E-state index in [1.165, 1.54) is 6.07 Å². The van der Waals surface area contributed by atoms with Crippen LogP contribution in [0.4, 0.5) is 17.6 Å². The summed E-state index contributed by atoms with van der Waals surface area (Å²) >= 11 is 0. The Labute approximate surface area is 218 Å². The monoisotopic (exact) mass is 568 g/mol. The zero-order valence-corrected chi connectivity index (χ0v) is 20.8. The van der Waals surface area contributed by atoms with Crippen LogP contribution in [0.3, 0.4) is 0 Å². The fourth-order valence-corrected chi connectivity index (χ4v) is 5.28. The van der Waals surface area contributed by atoms with Crippen molar-refractivity contribution < 1.29 is 45.7 Å². The lowest BCUT2D eigenvalue weighted by Crippen LogP contribution is -2.34. The third kappa shape index (κ3) is 5.41. The Morgan fingerprint density at radius 2 is 1.90 bits per heavy atom. The number of aromatic amines is 1. The van der Waals surface area contributed by atoms with Gasteiger partial charge in [-0.1, -0.05) is 12.1 Å². The van der Waals surface area contributed by atoms with E-state index in [9.17, 15) is 27.1 Å². The van der Waals surface area contributed by atoms with Crippen molar-refractivity contribution >= 4 is 26.6 Å². The standard InChI is InChI=1S/C24H20F4N4O6S/c1-38-24-17(6-12(25)7-30-24)39(36,37)10-11-2-5-16(26)18(19(11)27)14-3-4-15-21(20(14)28)31-32-22(15)23(35)29-8-13(34)9-33/h2-7,13,33-34H,8-10H2,1H3,(H,29,35)(H,31,32)/t13-/m1/s1. The normalized spacial score (nSPS) is 12.5. The predicted molar refractivity (Wildman–Crippen MR) is 128 cm³/mol. The number of carbonyl (C=O) groups is 1. The summed E-state index contributed by atoms with van der Waals surface area (Å²) in [5.74, 6) is -7.04. The highest BCUT2D eigenvalue weighted by atomic mass is 32.2. The van der Waals surface area contributed by atoms with E-state index in [0.717, 1.165) is 31.5 Å². The number of amides is 1. The van der Waals surface area contributed by atoms with Gasteiger partial charge in [-0.15, -0.1) is 0 Å². The molecule has 0 unspecified atom stereocenters. The van der Waals surface area contributed by atoms with Gasteiger partial charge in [0.15, 0.2) is 15.7 Å². The van der Waals surface area contributed by atoms with Gasteiger partial charge in [-0.3, -0.25) is 9.89 Å². The Morgan fingerprint density at radius 1 is 1.15 bits per heavy atom. The van der Waals surface area contributed by atoms with E-state index < -0.39 is 90.5 Å². The number of methoxy groups -OCH3 is 1. The highest BCUT2D eigenvalue weighted by Gasteiger charge is 2.28. The van der Waals surface area contributed by atoms with Gasteiger partial charge in [-0.05, 0) is 18.2 Å². The SMILES string of the molecule is COc1ncc(F)cc1S(=O)(=O)Cc1ccc(F)c(-c2ccc3c(C(=O)NC[C@@H](O)CO)[nH]nc3c2F)c1F. The number of nitrogens with one attached hydrogen (secondary N) is 2. The van der Waals surface area contributed by atoms with Crippen LogP contribution >= 0.6 is 0 Å². The summed E-state index contributed by atoms with van der Waals surface area (Å²) < 4.78 is 90.2. The van der Waals surface area contributed by atoms with Crippen LogP contribution in [0.15, 0.2) is 41.4 Å². The average molecular weight is 569 g/mol. The van der Waals surface area contributed by atoms with Gasteiger partial charge in [0.1, 0.15) is 33.6 Å². The lowest BCUT2D eigenvalue weighted by atomic mass is 9.99. The van der Waals surface area contributed by atoms with Crippen LogP contribution in [-0.4, -0.2) is 66.1 Å². The van der Waals surface area contributed by atoms with E-state index in [2.05, 4.69) is 20.5 Å². The Bertz CT molecular complexity index is 1680. The van der Waals surface area contributed by atoms with Gasteiger partial charge >= 0.3 is 0 Å². The Hall–Kier alpha value is -4.08. The minimum absolute atomic E-state index is 0.0440. The molecule has 0 fully saturated rings. The van der Waals surface area contributed by atoms with Crippen LogP contribution in [0.5, 0.6) is 5.88 Å². The lowest BCUT2D eigenvalue weighted by Gasteiger charge is -2.13. The van der Waals surface area contributed by atoms with Gasteiger partial charge in [-0.25, -0.2) is 31.0 Å². The average Bonchev–Trinajstić information content (AvgIpc) is 3.35. The van der Waals surface area contributed by atoms with Crippen molar-refractivity contribution in [3.05, 3.63) is 71.1 Å². The first-order chi connectivity index (χ1) is 18.5. The first-order valence-electron chi connectivity index (χ1n) is 11.1. The number of nitrogens with zero attached hydrogens (tertiary/aromatic N) is 2. The van der Waals surface area contributed by atoms with E-state index in [0.29, 0.717) is 6.07 Å². The van der Waals surface area contributed by atoms with Crippen LogP contribution in [0, 0.1) is 23.3 Å². The minimum atomic E-state index is -4.46. The van der Waals surface area contributed by atoms with E-state index in [1.807, 2.05) is 0 Å². The summed E-state index contributed by atoms with van der Waals surface area (Å²) in [5.41, 5.74) is -2.67. The summed E-state index contributed by atoms with van der Waals surface area (Å²) in [6, 6.07) is 4.43. The molecule has 15 heteroatoms. The highest BCUT2D eigenvalue weighted by molar-refractivity contribution is 7.90. The number of aliphatic hydroxyl groups excluding tert-OH is 2. The maximum absolute atomic E-state index is 15.5. The number of ether oxygens (including phenoxy) is 1. The lowest BCUT2D eigenvalue weighted by molar-refractivity contribution is 0.0800. The van der Waals surface area contributed by atoms with Crippen molar-refractivity contribution in [1.29, 1.82) is 0 Å². The van der Waals surface area contributed by atoms with Crippen LogP contribution in [0.1, 0.15) is 16.1 Å². The van der Waals surface area contributed by atoms with Crippen LogP contribution in [-0.2, 0) is 15.6 Å². The summed E-state index contributed by atoms with van der Waals surface area (Å²) in [6.07, 6.45) is -0.498. The molecule has 0 aliphatic rings. The third-order valence-corrected chi connectivity index (χ3v) is 7.35. The fourth-order valence-electron chi connectivity index (χ4n) is 3.80. The molecule has 1 atom stereocenters. The molecule has 4 aromatic rings. The molecule has 0 radical (unpaired) electrons. The van der Waals surface area contributed by atoms with E-state index in [1.54, 1.807) is 0 Å². The molecule has 0 bridgehead atoms. The number of aliphatic hydroxyl groups is 2. The number of hydrogen-bond acceptors (Lipinski definition) is 8. The number of carbonyl (C=O) groups excluding carboxylic acids is 1. The predicted octanol–water partition coefficient (Wildman–Crippen LogP) is 2.25. The number of sulfone groups is 1. The van der Waals surface area contributed by atoms with Crippen LogP contribution in [0.2, 0.25) is 0 Å². The molecule has 39 heavy (non-hydrogen) atoms. The van der Waals surface area contributed by atoms with Crippen LogP contribution < -0.4 is 10.1 Å². The summed E-state index contributed by atoms with van der Waals surface area (Å²) in [5, 5.41) is 26.5. The van der Waals surface area contributed by atoms with Crippen molar-refractivity contribution in [3.8, 4) is 17.0 Å². The first kappa shape index (κ1) is 27.9. The number of aromatic nitrogens is 3.